The summed E-state index contributed by atoms with van der Waals surface area (Å²) >= 11 is 3.32. The minimum Gasteiger partial charge on any atom is -0.481 e. The van der Waals surface area contributed by atoms with E-state index in [9.17, 15) is 13.2 Å². The second kappa shape index (κ2) is 6.72. The van der Waals surface area contributed by atoms with Crippen LogP contribution in [0.15, 0.2) is 22.7 Å². The Kier molecular flexibility index (Phi) is 5.41. The summed E-state index contributed by atoms with van der Waals surface area (Å²) in [6, 6.07) is 5.17. The van der Waals surface area contributed by atoms with Gasteiger partial charge < -0.3 is 9.84 Å². The molecule has 134 valence electrons. The average Bonchev–Trinajstić information content (AvgIpc) is 2.30. The number of carboxylic acid groups (broad SMARTS) is 1. The summed E-state index contributed by atoms with van der Waals surface area (Å²) in [5.74, 6) is -0.986. The van der Waals surface area contributed by atoms with E-state index in [4.69, 9.17) is 9.84 Å². The van der Waals surface area contributed by atoms with Gasteiger partial charge in [0.1, 0.15) is 5.54 Å². The van der Waals surface area contributed by atoms with Crippen LogP contribution in [0.4, 0.5) is 0 Å². The maximum absolute atomic E-state index is 12.4. The molecule has 1 aromatic rings. The topological polar surface area (TPSA) is 105 Å². The van der Waals surface area contributed by atoms with E-state index >= 15 is 0 Å². The van der Waals surface area contributed by atoms with Gasteiger partial charge in [0.25, 0.3) is 10.2 Å². The predicted octanol–water partition coefficient (Wildman–Crippen LogP) is 1.52. The van der Waals surface area contributed by atoms with E-state index in [-0.39, 0.29) is 19.6 Å². The van der Waals surface area contributed by atoms with Crippen molar-refractivity contribution in [2.24, 2.45) is 0 Å². The van der Waals surface area contributed by atoms with Crippen molar-refractivity contribution < 1.29 is 23.1 Å². The number of carbonyl (C=O) groups is 1. The summed E-state index contributed by atoms with van der Waals surface area (Å²) in [6.07, 6.45) is -0.203. The summed E-state index contributed by atoms with van der Waals surface area (Å²) in [5, 5.41) is 9.13. The molecule has 0 bridgehead atoms. The number of rotatable bonds is 6. The molecule has 0 unspecified atom stereocenters. The number of hydrogen-bond donors (Lipinski definition) is 3. The number of carboxylic acids is 1. The van der Waals surface area contributed by atoms with Gasteiger partial charge in [0.05, 0.1) is 19.6 Å². The van der Waals surface area contributed by atoms with Crippen molar-refractivity contribution in [3.63, 3.8) is 0 Å². The van der Waals surface area contributed by atoms with Crippen LogP contribution >= 0.6 is 15.9 Å². The van der Waals surface area contributed by atoms with Crippen LogP contribution in [0.1, 0.15) is 31.9 Å². The van der Waals surface area contributed by atoms with E-state index in [0.717, 1.165) is 4.47 Å². The van der Waals surface area contributed by atoms with Gasteiger partial charge in [-0.2, -0.15) is 17.9 Å². The number of ether oxygens (including phenoxy) is 1. The van der Waals surface area contributed by atoms with Gasteiger partial charge in [-0.3, -0.25) is 4.79 Å². The zero-order valence-electron chi connectivity index (χ0n) is 13.7. The van der Waals surface area contributed by atoms with E-state index in [1.807, 2.05) is 0 Å². The van der Waals surface area contributed by atoms with Crippen LogP contribution in [0.5, 0.6) is 0 Å². The van der Waals surface area contributed by atoms with Crippen LogP contribution in [-0.2, 0) is 31.7 Å². The van der Waals surface area contributed by atoms with Gasteiger partial charge in [-0.15, -0.1) is 0 Å². The molecule has 1 aliphatic heterocycles. The second-order valence-electron chi connectivity index (χ2n) is 6.90. The Bertz CT molecular complexity index is 739. The van der Waals surface area contributed by atoms with Crippen molar-refractivity contribution in [3.8, 4) is 0 Å². The number of aliphatic carboxylic acids is 1. The van der Waals surface area contributed by atoms with Gasteiger partial charge in [-0.1, -0.05) is 22.0 Å². The first-order valence-corrected chi connectivity index (χ1v) is 9.61. The molecule has 0 atom stereocenters. The Morgan fingerprint density at radius 3 is 2.46 bits per heavy atom. The number of benzene rings is 1. The number of nitrogens with one attached hydrogen (secondary N) is 2. The smallest absolute Gasteiger partial charge is 0.307 e. The van der Waals surface area contributed by atoms with Gasteiger partial charge in [0, 0.05) is 10.0 Å². The summed E-state index contributed by atoms with van der Waals surface area (Å²) in [6.45, 7) is 5.52. The third-order valence-corrected chi connectivity index (χ3v) is 5.43. The van der Waals surface area contributed by atoms with Gasteiger partial charge in [-0.05, 0) is 44.0 Å². The molecule has 1 aromatic carbocycles. The van der Waals surface area contributed by atoms with Crippen LogP contribution in [0.3, 0.4) is 0 Å². The predicted molar refractivity (Wildman–Crippen MR) is 92.9 cm³/mol. The fraction of sp³-hybridized carbons (Fsp3) is 0.533. The number of hydrogen-bond acceptors (Lipinski definition) is 4. The van der Waals surface area contributed by atoms with Gasteiger partial charge in [-0.25, -0.2) is 0 Å². The quantitative estimate of drug-likeness (QED) is 0.646. The summed E-state index contributed by atoms with van der Waals surface area (Å²) in [4.78, 5) is 11.1. The zero-order chi connectivity index (χ0) is 18.2. The van der Waals surface area contributed by atoms with Crippen molar-refractivity contribution in [2.45, 2.75) is 38.3 Å². The molecule has 3 N–H and O–H groups in total. The standard InChI is InChI=1S/C15H21BrN2O5S/c1-14(2,3)17-24(21,22)18-15(8-23-9-15)12-5-4-11(16)6-10(12)7-13(19)20/h4-6,17-18H,7-9H2,1-3H3,(H,19,20). The first-order chi connectivity index (χ1) is 10.9. The maximum atomic E-state index is 12.4. The highest BCUT2D eigenvalue weighted by Crippen LogP contribution is 2.34. The monoisotopic (exact) mass is 420 g/mol. The molecule has 2 rings (SSSR count). The number of halogens is 1. The molecule has 0 aliphatic carbocycles. The Labute approximate surface area is 150 Å². The Hall–Kier alpha value is -1.00. The lowest BCUT2D eigenvalue weighted by Gasteiger charge is -2.43. The van der Waals surface area contributed by atoms with E-state index in [2.05, 4.69) is 25.4 Å². The molecule has 0 radical (unpaired) electrons. The Balaban J connectivity index is 2.39. The molecule has 1 fully saturated rings. The molecule has 24 heavy (non-hydrogen) atoms. The zero-order valence-corrected chi connectivity index (χ0v) is 16.1. The molecule has 0 aromatic heterocycles. The molecular weight excluding hydrogens is 400 g/mol. The minimum atomic E-state index is -3.80. The molecule has 1 saturated heterocycles. The SMILES string of the molecule is CC(C)(C)NS(=O)(=O)NC1(c2ccc(Br)cc2CC(=O)O)COC1. The van der Waals surface area contributed by atoms with Gasteiger partial charge in [0.15, 0.2) is 0 Å². The van der Waals surface area contributed by atoms with E-state index in [1.165, 1.54) is 0 Å². The molecule has 1 aliphatic rings. The van der Waals surface area contributed by atoms with Gasteiger partial charge in [0.2, 0.25) is 0 Å². The van der Waals surface area contributed by atoms with E-state index in [0.29, 0.717) is 11.1 Å². The van der Waals surface area contributed by atoms with Crippen molar-refractivity contribution in [1.29, 1.82) is 0 Å². The summed E-state index contributed by atoms with van der Waals surface area (Å²) < 4.78 is 36.0. The third kappa shape index (κ3) is 4.76. The van der Waals surface area contributed by atoms with Gasteiger partial charge >= 0.3 is 5.97 Å². The van der Waals surface area contributed by atoms with E-state index in [1.54, 1.807) is 39.0 Å². The molecule has 9 heteroatoms. The fourth-order valence-electron chi connectivity index (χ4n) is 2.60. The van der Waals surface area contributed by atoms with Crippen molar-refractivity contribution in [3.05, 3.63) is 33.8 Å². The molecular formula is C15H21BrN2O5S. The molecule has 1 heterocycles. The summed E-state index contributed by atoms with van der Waals surface area (Å²) in [5.41, 5.74) is -0.457. The fourth-order valence-corrected chi connectivity index (χ4v) is 4.61. The second-order valence-corrected chi connectivity index (χ2v) is 9.24. The largest absolute Gasteiger partial charge is 0.481 e. The first-order valence-electron chi connectivity index (χ1n) is 7.34. The Morgan fingerprint density at radius 1 is 1.38 bits per heavy atom. The molecule has 7 nitrogen and oxygen atoms in total. The van der Waals surface area contributed by atoms with Crippen molar-refractivity contribution in [2.75, 3.05) is 13.2 Å². The maximum Gasteiger partial charge on any atom is 0.307 e. The lowest BCUT2D eigenvalue weighted by atomic mass is 9.85. The van der Waals surface area contributed by atoms with Crippen molar-refractivity contribution >= 4 is 32.1 Å². The van der Waals surface area contributed by atoms with E-state index < -0.39 is 27.3 Å². The van der Waals surface area contributed by atoms with Crippen LogP contribution in [0.25, 0.3) is 0 Å². The third-order valence-electron chi connectivity index (χ3n) is 3.39. The lowest BCUT2D eigenvalue weighted by molar-refractivity contribution is -0.136. The van der Waals surface area contributed by atoms with Crippen LogP contribution < -0.4 is 9.44 Å². The van der Waals surface area contributed by atoms with Crippen LogP contribution in [0.2, 0.25) is 0 Å². The van der Waals surface area contributed by atoms with Crippen molar-refractivity contribution in [1.82, 2.24) is 9.44 Å². The normalized spacial score (nSPS) is 17.3. The highest BCUT2D eigenvalue weighted by Gasteiger charge is 2.45. The lowest BCUT2D eigenvalue weighted by Crippen LogP contribution is -2.63. The molecule has 0 amide bonds. The first kappa shape index (κ1) is 19.3. The molecule has 0 spiro atoms. The van der Waals surface area contributed by atoms with Crippen LogP contribution in [0, 0.1) is 0 Å². The van der Waals surface area contributed by atoms with Crippen LogP contribution in [-0.4, -0.2) is 38.2 Å². The summed E-state index contributed by atoms with van der Waals surface area (Å²) in [7, 11) is -3.80. The average molecular weight is 421 g/mol. The minimum absolute atomic E-state index is 0.145. The highest BCUT2D eigenvalue weighted by atomic mass is 79.9. The highest BCUT2D eigenvalue weighted by molar-refractivity contribution is 9.10. The Morgan fingerprint density at radius 2 is 2.00 bits per heavy atom. The molecule has 0 saturated carbocycles.